The molecule has 1 atom stereocenters. The maximum atomic E-state index is 14.1. The van der Waals surface area contributed by atoms with Gasteiger partial charge in [-0.15, -0.1) is 11.3 Å². The molecular weight excluding hydrogens is 430 g/mol. The summed E-state index contributed by atoms with van der Waals surface area (Å²) in [6, 6.07) is 16.7. The van der Waals surface area contributed by atoms with Crippen LogP contribution in [0, 0.1) is 20.8 Å². The Bertz CT molecular complexity index is 1120. The van der Waals surface area contributed by atoms with Crippen molar-refractivity contribution < 1.29 is 9.59 Å². The van der Waals surface area contributed by atoms with E-state index in [2.05, 4.69) is 10.3 Å². The van der Waals surface area contributed by atoms with E-state index in [9.17, 15) is 9.59 Å². The third-order valence-corrected chi connectivity index (χ3v) is 7.33. The quantitative estimate of drug-likeness (QED) is 0.497. The van der Waals surface area contributed by atoms with Crippen molar-refractivity contribution in [2.75, 3.05) is 4.90 Å². The zero-order valence-electron chi connectivity index (χ0n) is 19.5. The summed E-state index contributed by atoms with van der Waals surface area (Å²) < 4.78 is 0. The molecule has 3 aromatic rings. The van der Waals surface area contributed by atoms with Crippen molar-refractivity contribution >= 4 is 28.8 Å². The van der Waals surface area contributed by atoms with Gasteiger partial charge in [0.15, 0.2) is 0 Å². The fourth-order valence-corrected chi connectivity index (χ4v) is 5.48. The number of carbonyl (C=O) groups is 2. The Morgan fingerprint density at radius 2 is 1.64 bits per heavy atom. The second kappa shape index (κ2) is 10.3. The third-order valence-electron chi connectivity index (χ3n) is 6.26. The van der Waals surface area contributed by atoms with Crippen molar-refractivity contribution in [1.29, 1.82) is 0 Å². The molecular formula is C27H31N3O2S. The molecule has 1 aliphatic rings. The molecule has 6 heteroatoms. The summed E-state index contributed by atoms with van der Waals surface area (Å²) >= 11 is 1.38. The Balaban J connectivity index is 1.82. The highest BCUT2D eigenvalue weighted by atomic mass is 32.1. The van der Waals surface area contributed by atoms with E-state index in [1.807, 2.05) is 75.4 Å². The molecule has 0 aliphatic heterocycles. The monoisotopic (exact) mass is 461 g/mol. The molecule has 1 saturated carbocycles. The number of nitrogens with zero attached hydrogens (tertiary/aromatic N) is 2. The van der Waals surface area contributed by atoms with Gasteiger partial charge in [0.05, 0.1) is 10.7 Å². The maximum absolute atomic E-state index is 14.1. The molecule has 4 rings (SSSR count). The first kappa shape index (κ1) is 23.2. The second-order valence-corrected chi connectivity index (χ2v) is 9.97. The lowest BCUT2D eigenvalue weighted by Gasteiger charge is -2.34. The zero-order chi connectivity index (χ0) is 23.4. The Kier molecular flexibility index (Phi) is 7.23. The summed E-state index contributed by atoms with van der Waals surface area (Å²) in [4.78, 5) is 34.6. The van der Waals surface area contributed by atoms with Crippen molar-refractivity contribution in [2.45, 2.75) is 65.0 Å². The standard InChI is InChI=1S/C27H31N3O2S/c1-18-12-10-11-17-23(18)30(27(32)25-19(2)28-20(3)33-25)24(21-13-6-4-7-14-21)26(31)29-22-15-8-5-9-16-22/h4,6-7,10-14,17,22,24H,5,8-9,15-16H2,1-3H3,(H,29,31)/t24-/m1/s1. The average molecular weight is 462 g/mol. The van der Waals surface area contributed by atoms with Crippen molar-refractivity contribution in [3.63, 3.8) is 0 Å². The van der Waals surface area contributed by atoms with Crippen LogP contribution in [-0.4, -0.2) is 22.8 Å². The Morgan fingerprint density at radius 1 is 0.970 bits per heavy atom. The average Bonchev–Trinajstić information content (AvgIpc) is 3.16. The first-order valence-corrected chi connectivity index (χ1v) is 12.5. The van der Waals surface area contributed by atoms with E-state index in [-0.39, 0.29) is 17.9 Å². The summed E-state index contributed by atoms with van der Waals surface area (Å²) in [5.41, 5.74) is 3.17. The SMILES string of the molecule is Cc1nc(C)c(C(=O)N(c2ccccc2C)[C@@H](C(=O)NC2CCCCC2)c2ccccc2)s1. The van der Waals surface area contributed by atoms with Crippen LogP contribution in [0.5, 0.6) is 0 Å². The number of para-hydroxylation sites is 1. The summed E-state index contributed by atoms with van der Waals surface area (Å²) in [6.07, 6.45) is 5.44. The highest BCUT2D eigenvalue weighted by molar-refractivity contribution is 7.13. The van der Waals surface area contributed by atoms with Crippen LogP contribution in [0.4, 0.5) is 5.69 Å². The Hall–Kier alpha value is -2.99. The number of benzene rings is 2. The predicted octanol–water partition coefficient (Wildman–Crippen LogP) is 5.91. The highest BCUT2D eigenvalue weighted by Crippen LogP contribution is 2.34. The highest BCUT2D eigenvalue weighted by Gasteiger charge is 2.36. The number of carbonyl (C=O) groups excluding carboxylic acids is 2. The first-order chi connectivity index (χ1) is 16.0. The molecule has 1 aliphatic carbocycles. The van der Waals surface area contributed by atoms with Crippen LogP contribution in [0.25, 0.3) is 0 Å². The molecule has 0 saturated heterocycles. The maximum Gasteiger partial charge on any atom is 0.271 e. The van der Waals surface area contributed by atoms with Gasteiger partial charge in [0.1, 0.15) is 10.9 Å². The van der Waals surface area contributed by atoms with Crippen LogP contribution < -0.4 is 10.2 Å². The number of aryl methyl sites for hydroxylation is 3. The van der Waals surface area contributed by atoms with Gasteiger partial charge in [-0.2, -0.15) is 0 Å². The van der Waals surface area contributed by atoms with Gasteiger partial charge >= 0.3 is 0 Å². The Labute approximate surface area is 199 Å². The first-order valence-electron chi connectivity index (χ1n) is 11.6. The summed E-state index contributed by atoms with van der Waals surface area (Å²) in [7, 11) is 0. The fraction of sp³-hybridized carbons (Fsp3) is 0.370. The lowest BCUT2D eigenvalue weighted by Crippen LogP contribution is -2.47. The zero-order valence-corrected chi connectivity index (χ0v) is 20.3. The molecule has 1 fully saturated rings. The van der Waals surface area contributed by atoms with Crippen molar-refractivity contribution in [3.05, 3.63) is 81.3 Å². The van der Waals surface area contributed by atoms with Gasteiger partial charge < -0.3 is 5.32 Å². The lowest BCUT2D eigenvalue weighted by atomic mass is 9.94. The van der Waals surface area contributed by atoms with E-state index in [1.54, 1.807) is 4.90 Å². The number of anilines is 1. The van der Waals surface area contributed by atoms with Gasteiger partial charge in [-0.05, 0) is 50.8 Å². The van der Waals surface area contributed by atoms with E-state index in [0.29, 0.717) is 10.6 Å². The van der Waals surface area contributed by atoms with Crippen molar-refractivity contribution in [2.24, 2.45) is 0 Å². The van der Waals surface area contributed by atoms with Gasteiger partial charge in [0, 0.05) is 11.7 Å². The summed E-state index contributed by atoms with van der Waals surface area (Å²) in [5, 5.41) is 4.10. The molecule has 0 bridgehead atoms. The number of amides is 2. The van der Waals surface area contributed by atoms with E-state index in [1.165, 1.54) is 17.8 Å². The normalized spacial score (nSPS) is 15.1. The molecule has 1 aromatic heterocycles. The third kappa shape index (κ3) is 5.17. The van der Waals surface area contributed by atoms with Gasteiger partial charge in [0.25, 0.3) is 5.91 Å². The van der Waals surface area contributed by atoms with E-state index >= 15 is 0 Å². The second-order valence-electron chi connectivity index (χ2n) is 8.77. The van der Waals surface area contributed by atoms with Crippen LogP contribution in [0.1, 0.15) is 69.6 Å². The number of aromatic nitrogens is 1. The predicted molar refractivity (Wildman–Crippen MR) is 134 cm³/mol. The number of hydrogen-bond acceptors (Lipinski definition) is 4. The molecule has 0 unspecified atom stereocenters. The van der Waals surface area contributed by atoms with E-state index < -0.39 is 6.04 Å². The Morgan fingerprint density at radius 3 is 2.27 bits per heavy atom. The fourth-order valence-electron chi connectivity index (χ4n) is 4.62. The molecule has 33 heavy (non-hydrogen) atoms. The summed E-state index contributed by atoms with van der Waals surface area (Å²) in [5.74, 6) is -0.330. The number of nitrogens with one attached hydrogen (secondary N) is 1. The molecule has 5 nitrogen and oxygen atoms in total. The van der Waals surface area contributed by atoms with Gasteiger partial charge in [-0.3, -0.25) is 14.5 Å². The van der Waals surface area contributed by atoms with Gasteiger partial charge in [-0.25, -0.2) is 4.98 Å². The molecule has 0 spiro atoms. The van der Waals surface area contributed by atoms with Crippen LogP contribution in [0.15, 0.2) is 54.6 Å². The largest absolute Gasteiger partial charge is 0.351 e. The van der Waals surface area contributed by atoms with Gasteiger partial charge in [0.2, 0.25) is 5.91 Å². The minimum absolute atomic E-state index is 0.136. The number of rotatable bonds is 6. The van der Waals surface area contributed by atoms with Crippen LogP contribution in [-0.2, 0) is 4.79 Å². The van der Waals surface area contributed by atoms with E-state index in [4.69, 9.17) is 0 Å². The van der Waals surface area contributed by atoms with Crippen LogP contribution in [0.2, 0.25) is 0 Å². The topological polar surface area (TPSA) is 62.3 Å². The number of hydrogen-bond donors (Lipinski definition) is 1. The van der Waals surface area contributed by atoms with Crippen LogP contribution in [0.3, 0.4) is 0 Å². The molecule has 2 amide bonds. The lowest BCUT2D eigenvalue weighted by molar-refractivity contribution is -0.123. The smallest absolute Gasteiger partial charge is 0.271 e. The molecule has 0 radical (unpaired) electrons. The van der Waals surface area contributed by atoms with E-state index in [0.717, 1.165) is 47.5 Å². The molecule has 1 heterocycles. The minimum atomic E-state index is -0.775. The van der Waals surface area contributed by atoms with Crippen molar-refractivity contribution in [1.82, 2.24) is 10.3 Å². The van der Waals surface area contributed by atoms with Crippen molar-refractivity contribution in [3.8, 4) is 0 Å². The van der Waals surface area contributed by atoms with Gasteiger partial charge in [-0.1, -0.05) is 67.8 Å². The molecule has 1 N–H and O–H groups in total. The number of thiazole rings is 1. The minimum Gasteiger partial charge on any atom is -0.351 e. The summed E-state index contributed by atoms with van der Waals surface area (Å²) in [6.45, 7) is 5.73. The van der Waals surface area contributed by atoms with Crippen LogP contribution >= 0.6 is 11.3 Å². The molecule has 172 valence electrons. The molecule has 2 aromatic carbocycles.